The summed E-state index contributed by atoms with van der Waals surface area (Å²) >= 11 is 0. The van der Waals surface area contributed by atoms with Crippen LogP contribution >= 0.6 is 0 Å². The van der Waals surface area contributed by atoms with Gasteiger partial charge in [-0.3, -0.25) is 4.79 Å². The van der Waals surface area contributed by atoms with Crippen LogP contribution in [0.3, 0.4) is 0 Å². The molecule has 1 aliphatic carbocycles. The van der Waals surface area contributed by atoms with E-state index in [-0.39, 0.29) is 23.7 Å². The normalized spacial score (nSPS) is 19.3. The van der Waals surface area contributed by atoms with Crippen LogP contribution in [-0.2, 0) is 14.3 Å². The average Bonchev–Trinajstić information content (AvgIpc) is 2.33. The van der Waals surface area contributed by atoms with Gasteiger partial charge in [0.05, 0.1) is 13.0 Å². The second kappa shape index (κ2) is 6.91. The van der Waals surface area contributed by atoms with Gasteiger partial charge in [-0.25, -0.2) is 0 Å². The predicted octanol–water partition coefficient (Wildman–Crippen LogP) is 3.36. The van der Waals surface area contributed by atoms with Crippen molar-refractivity contribution in [1.82, 2.24) is 0 Å². The van der Waals surface area contributed by atoms with Gasteiger partial charge in [-0.1, -0.05) is 40.0 Å². The van der Waals surface area contributed by atoms with Gasteiger partial charge in [-0.05, 0) is 24.2 Å². The Labute approximate surface area is 110 Å². The van der Waals surface area contributed by atoms with Gasteiger partial charge in [0.2, 0.25) is 0 Å². The molecule has 0 unspecified atom stereocenters. The van der Waals surface area contributed by atoms with Gasteiger partial charge in [0.1, 0.15) is 6.29 Å². The molecule has 0 saturated heterocycles. The number of ether oxygens (including phenoxy) is 1. The first kappa shape index (κ1) is 15.2. The second-order valence-electron chi connectivity index (χ2n) is 6.62. The molecule has 0 heterocycles. The summed E-state index contributed by atoms with van der Waals surface area (Å²) in [4.78, 5) is 22.9. The van der Waals surface area contributed by atoms with Crippen LogP contribution in [0.4, 0.5) is 0 Å². The molecule has 1 saturated carbocycles. The number of carbonyl (C=O) groups excluding carboxylic acids is 2. The SMILES string of the molecule is CC(C)(C)COC(=O)C[C@H](C=O)C1CCCCC1. The molecule has 3 nitrogen and oxygen atoms in total. The maximum atomic E-state index is 11.7. The average molecular weight is 254 g/mol. The van der Waals surface area contributed by atoms with E-state index >= 15 is 0 Å². The van der Waals surface area contributed by atoms with Gasteiger partial charge in [0.15, 0.2) is 0 Å². The summed E-state index contributed by atoms with van der Waals surface area (Å²) in [7, 11) is 0. The Balaban J connectivity index is 2.37. The fourth-order valence-corrected chi connectivity index (χ4v) is 2.44. The molecule has 0 aromatic heterocycles. The number of aldehydes is 1. The number of esters is 1. The minimum Gasteiger partial charge on any atom is -0.465 e. The van der Waals surface area contributed by atoms with Crippen molar-refractivity contribution in [3.05, 3.63) is 0 Å². The van der Waals surface area contributed by atoms with Gasteiger partial charge in [-0.15, -0.1) is 0 Å². The Morgan fingerprint density at radius 2 is 1.89 bits per heavy atom. The largest absolute Gasteiger partial charge is 0.465 e. The highest BCUT2D eigenvalue weighted by atomic mass is 16.5. The van der Waals surface area contributed by atoms with Crippen molar-refractivity contribution >= 4 is 12.3 Å². The van der Waals surface area contributed by atoms with Crippen LogP contribution in [-0.4, -0.2) is 18.9 Å². The Kier molecular flexibility index (Phi) is 5.83. The molecule has 1 fully saturated rings. The van der Waals surface area contributed by atoms with Crippen molar-refractivity contribution in [3.8, 4) is 0 Å². The van der Waals surface area contributed by atoms with E-state index in [0.29, 0.717) is 12.5 Å². The number of hydrogen-bond acceptors (Lipinski definition) is 3. The number of hydrogen-bond donors (Lipinski definition) is 0. The van der Waals surface area contributed by atoms with Crippen LogP contribution in [0.1, 0.15) is 59.3 Å². The first-order valence-electron chi connectivity index (χ1n) is 7.03. The van der Waals surface area contributed by atoms with Crippen LogP contribution < -0.4 is 0 Å². The number of carbonyl (C=O) groups is 2. The third-order valence-electron chi connectivity index (χ3n) is 3.50. The summed E-state index contributed by atoms with van der Waals surface area (Å²) < 4.78 is 5.23. The van der Waals surface area contributed by atoms with Crippen molar-refractivity contribution in [2.75, 3.05) is 6.61 Å². The molecule has 0 aliphatic heterocycles. The highest BCUT2D eigenvalue weighted by molar-refractivity contribution is 5.73. The monoisotopic (exact) mass is 254 g/mol. The molecular weight excluding hydrogens is 228 g/mol. The lowest BCUT2D eigenvalue weighted by molar-refractivity contribution is -0.149. The molecule has 0 spiro atoms. The first-order chi connectivity index (χ1) is 8.42. The van der Waals surface area contributed by atoms with E-state index in [2.05, 4.69) is 0 Å². The van der Waals surface area contributed by atoms with Gasteiger partial charge in [0.25, 0.3) is 0 Å². The lowest BCUT2D eigenvalue weighted by atomic mass is 9.79. The van der Waals surface area contributed by atoms with Gasteiger partial charge in [0, 0.05) is 5.92 Å². The summed E-state index contributed by atoms with van der Waals surface area (Å²) in [6, 6.07) is 0. The summed E-state index contributed by atoms with van der Waals surface area (Å²) in [5.74, 6) is 0.0174. The highest BCUT2D eigenvalue weighted by Gasteiger charge is 2.26. The van der Waals surface area contributed by atoms with Crippen molar-refractivity contribution in [2.45, 2.75) is 59.3 Å². The second-order valence-corrected chi connectivity index (χ2v) is 6.62. The molecule has 0 bridgehead atoms. The quantitative estimate of drug-likeness (QED) is 0.558. The molecule has 104 valence electrons. The summed E-state index contributed by atoms with van der Waals surface area (Å²) in [5.41, 5.74) is -0.0167. The van der Waals surface area contributed by atoms with Crippen molar-refractivity contribution in [2.24, 2.45) is 17.3 Å². The predicted molar refractivity (Wildman–Crippen MR) is 71.2 cm³/mol. The Bertz CT molecular complexity index is 272. The van der Waals surface area contributed by atoms with E-state index in [1.54, 1.807) is 0 Å². The van der Waals surface area contributed by atoms with E-state index in [4.69, 9.17) is 4.74 Å². The molecule has 0 N–H and O–H groups in total. The minimum absolute atomic E-state index is 0.0167. The van der Waals surface area contributed by atoms with Gasteiger partial charge >= 0.3 is 5.97 Å². The van der Waals surface area contributed by atoms with Gasteiger partial charge < -0.3 is 9.53 Å². The van der Waals surface area contributed by atoms with Crippen molar-refractivity contribution in [1.29, 1.82) is 0 Å². The van der Waals surface area contributed by atoms with Crippen molar-refractivity contribution in [3.63, 3.8) is 0 Å². The third-order valence-corrected chi connectivity index (χ3v) is 3.50. The molecule has 1 atom stereocenters. The summed E-state index contributed by atoms with van der Waals surface area (Å²) in [6.45, 7) is 6.50. The fraction of sp³-hybridized carbons (Fsp3) is 0.867. The molecule has 3 heteroatoms. The summed E-state index contributed by atoms with van der Waals surface area (Å²) in [6.07, 6.45) is 7.00. The zero-order chi connectivity index (χ0) is 13.6. The zero-order valence-corrected chi connectivity index (χ0v) is 11.9. The maximum Gasteiger partial charge on any atom is 0.306 e. The smallest absolute Gasteiger partial charge is 0.306 e. The lowest BCUT2D eigenvalue weighted by Crippen LogP contribution is -2.25. The lowest BCUT2D eigenvalue weighted by Gasteiger charge is -2.26. The highest BCUT2D eigenvalue weighted by Crippen LogP contribution is 2.31. The molecule has 0 aromatic rings. The Hall–Kier alpha value is -0.860. The topological polar surface area (TPSA) is 43.4 Å². The van der Waals surface area contributed by atoms with E-state index in [0.717, 1.165) is 19.1 Å². The summed E-state index contributed by atoms with van der Waals surface area (Å²) in [5, 5.41) is 0. The fourth-order valence-electron chi connectivity index (χ4n) is 2.44. The van der Waals surface area contributed by atoms with Crippen LogP contribution in [0, 0.1) is 17.3 Å². The van der Waals surface area contributed by atoms with E-state index in [9.17, 15) is 9.59 Å². The molecule has 0 radical (unpaired) electrons. The molecule has 0 amide bonds. The molecule has 18 heavy (non-hydrogen) atoms. The van der Waals surface area contributed by atoms with Crippen LogP contribution in [0.25, 0.3) is 0 Å². The van der Waals surface area contributed by atoms with Gasteiger partial charge in [-0.2, -0.15) is 0 Å². The minimum atomic E-state index is -0.229. The van der Waals surface area contributed by atoms with E-state index in [1.807, 2.05) is 20.8 Å². The number of rotatable bonds is 5. The maximum absolute atomic E-state index is 11.7. The first-order valence-corrected chi connectivity index (χ1v) is 7.03. The molecule has 1 aliphatic rings. The van der Waals surface area contributed by atoms with E-state index in [1.165, 1.54) is 19.3 Å². The molecule has 1 rings (SSSR count). The third kappa shape index (κ3) is 5.65. The van der Waals surface area contributed by atoms with Crippen LogP contribution in [0.15, 0.2) is 0 Å². The Morgan fingerprint density at radius 1 is 1.28 bits per heavy atom. The molecule has 0 aromatic carbocycles. The Morgan fingerprint density at radius 3 is 2.39 bits per heavy atom. The zero-order valence-electron chi connectivity index (χ0n) is 11.9. The van der Waals surface area contributed by atoms with Crippen LogP contribution in [0.2, 0.25) is 0 Å². The van der Waals surface area contributed by atoms with E-state index < -0.39 is 0 Å². The van der Waals surface area contributed by atoms with Crippen molar-refractivity contribution < 1.29 is 14.3 Å². The van der Waals surface area contributed by atoms with Crippen LogP contribution in [0.5, 0.6) is 0 Å². The standard InChI is InChI=1S/C15H26O3/c1-15(2,3)11-18-14(17)9-13(10-16)12-7-5-4-6-8-12/h10,12-13H,4-9,11H2,1-3H3/t13-/m1/s1. The molecular formula is C15H26O3.